The van der Waals surface area contributed by atoms with Crippen molar-refractivity contribution < 1.29 is 5.11 Å². The predicted octanol–water partition coefficient (Wildman–Crippen LogP) is 0.898. The summed E-state index contributed by atoms with van der Waals surface area (Å²) in [5.41, 5.74) is 5.46. The third kappa shape index (κ3) is 2.35. The Balaban J connectivity index is 2.24. The van der Waals surface area contributed by atoms with Gasteiger partial charge in [0.15, 0.2) is 5.65 Å². The Morgan fingerprint density at radius 3 is 2.78 bits per heavy atom. The standard InChI is InChI=1S/C11H18N6O/c1-3-11(18,4-2)6-13-8-7-5-14-17-9(7)16-10(12)15-8/h5,18H,3-4,6H2,1-2H3,(H4,12,13,14,15,16,17). The molecule has 0 unspecified atom stereocenters. The molecule has 0 aromatic carbocycles. The zero-order valence-corrected chi connectivity index (χ0v) is 10.6. The lowest BCUT2D eigenvalue weighted by molar-refractivity contribution is 0.0456. The van der Waals surface area contributed by atoms with Crippen LogP contribution in [-0.4, -0.2) is 37.4 Å². The first-order valence-electron chi connectivity index (χ1n) is 6.01. The number of nitrogens with one attached hydrogen (secondary N) is 2. The lowest BCUT2D eigenvalue weighted by Gasteiger charge is -2.25. The smallest absolute Gasteiger partial charge is 0.224 e. The normalized spacial score (nSPS) is 11.9. The van der Waals surface area contributed by atoms with Crippen LogP contribution >= 0.6 is 0 Å². The van der Waals surface area contributed by atoms with Crippen molar-refractivity contribution in [1.82, 2.24) is 20.2 Å². The SMILES string of the molecule is CCC(O)(CC)CNc1nc(N)nc2[nH]ncc12. The van der Waals surface area contributed by atoms with E-state index in [-0.39, 0.29) is 5.95 Å². The van der Waals surface area contributed by atoms with Gasteiger partial charge in [0.2, 0.25) is 5.95 Å². The zero-order chi connectivity index (χ0) is 13.2. The van der Waals surface area contributed by atoms with Crippen LogP contribution < -0.4 is 11.1 Å². The Morgan fingerprint density at radius 1 is 1.39 bits per heavy atom. The van der Waals surface area contributed by atoms with Crippen LogP contribution in [0.1, 0.15) is 26.7 Å². The van der Waals surface area contributed by atoms with E-state index in [9.17, 15) is 5.11 Å². The average molecular weight is 250 g/mol. The average Bonchev–Trinajstić information content (AvgIpc) is 2.83. The molecule has 0 radical (unpaired) electrons. The molecule has 0 saturated carbocycles. The molecular weight excluding hydrogens is 232 g/mol. The summed E-state index contributed by atoms with van der Waals surface area (Å²) in [7, 11) is 0. The van der Waals surface area contributed by atoms with E-state index >= 15 is 0 Å². The molecule has 2 rings (SSSR count). The van der Waals surface area contributed by atoms with E-state index in [0.717, 1.165) is 5.39 Å². The minimum atomic E-state index is -0.740. The molecule has 2 heterocycles. The van der Waals surface area contributed by atoms with Crippen molar-refractivity contribution >= 4 is 22.8 Å². The number of nitrogens with zero attached hydrogens (tertiary/aromatic N) is 3. The van der Waals surface area contributed by atoms with Crippen LogP contribution in [0.4, 0.5) is 11.8 Å². The molecule has 0 aliphatic heterocycles. The number of hydrogen-bond acceptors (Lipinski definition) is 6. The van der Waals surface area contributed by atoms with Crippen molar-refractivity contribution in [3.05, 3.63) is 6.20 Å². The fraction of sp³-hybridized carbons (Fsp3) is 0.545. The summed E-state index contributed by atoms with van der Waals surface area (Å²) < 4.78 is 0. The Kier molecular flexibility index (Phi) is 3.33. The highest BCUT2D eigenvalue weighted by molar-refractivity contribution is 5.86. The molecular formula is C11H18N6O. The van der Waals surface area contributed by atoms with E-state index < -0.39 is 5.60 Å². The maximum absolute atomic E-state index is 10.2. The van der Waals surface area contributed by atoms with Gasteiger partial charge in [0.25, 0.3) is 0 Å². The maximum atomic E-state index is 10.2. The number of H-pyrrole nitrogens is 1. The van der Waals surface area contributed by atoms with E-state index in [4.69, 9.17) is 5.73 Å². The molecule has 0 spiro atoms. The third-order valence-electron chi connectivity index (χ3n) is 3.23. The third-order valence-corrected chi connectivity index (χ3v) is 3.23. The Bertz CT molecular complexity index is 533. The van der Waals surface area contributed by atoms with E-state index in [1.807, 2.05) is 13.8 Å². The number of aliphatic hydroxyl groups is 1. The quantitative estimate of drug-likeness (QED) is 0.627. The van der Waals surface area contributed by atoms with Crippen molar-refractivity contribution in [3.8, 4) is 0 Å². The van der Waals surface area contributed by atoms with E-state index in [1.54, 1.807) is 6.20 Å². The first-order valence-corrected chi connectivity index (χ1v) is 6.01. The zero-order valence-electron chi connectivity index (χ0n) is 10.6. The first kappa shape index (κ1) is 12.6. The fourth-order valence-electron chi connectivity index (χ4n) is 1.74. The Hall–Kier alpha value is -1.89. The topological polar surface area (TPSA) is 113 Å². The largest absolute Gasteiger partial charge is 0.388 e. The van der Waals surface area contributed by atoms with Gasteiger partial charge in [-0.3, -0.25) is 5.10 Å². The van der Waals surface area contributed by atoms with Gasteiger partial charge in [0.05, 0.1) is 17.2 Å². The van der Waals surface area contributed by atoms with Gasteiger partial charge in [-0.2, -0.15) is 15.1 Å². The summed E-state index contributed by atoms with van der Waals surface area (Å²) in [5.74, 6) is 0.761. The van der Waals surface area contributed by atoms with Gasteiger partial charge in [0.1, 0.15) is 5.82 Å². The van der Waals surface area contributed by atoms with Crippen LogP contribution in [0.5, 0.6) is 0 Å². The van der Waals surface area contributed by atoms with Gasteiger partial charge in [0, 0.05) is 6.54 Å². The number of rotatable bonds is 5. The molecule has 2 aromatic heterocycles. The molecule has 7 nitrogen and oxygen atoms in total. The molecule has 0 aliphatic rings. The summed E-state index contributed by atoms with van der Waals surface area (Å²) in [5, 5.41) is 20.7. The second-order valence-corrected chi connectivity index (χ2v) is 4.35. The van der Waals surface area contributed by atoms with Crippen LogP contribution in [0.3, 0.4) is 0 Å². The van der Waals surface area contributed by atoms with Crippen molar-refractivity contribution in [1.29, 1.82) is 0 Å². The summed E-state index contributed by atoms with van der Waals surface area (Å²) in [6.07, 6.45) is 2.98. The molecule has 5 N–H and O–H groups in total. The van der Waals surface area contributed by atoms with E-state index in [2.05, 4.69) is 25.5 Å². The van der Waals surface area contributed by atoms with E-state index in [1.165, 1.54) is 0 Å². The Morgan fingerprint density at radius 2 is 2.11 bits per heavy atom. The number of fused-ring (bicyclic) bond motifs is 1. The van der Waals surface area contributed by atoms with Crippen LogP contribution in [0.25, 0.3) is 11.0 Å². The lowest BCUT2D eigenvalue weighted by atomic mass is 9.98. The predicted molar refractivity (Wildman–Crippen MR) is 70.1 cm³/mol. The van der Waals surface area contributed by atoms with Crippen molar-refractivity contribution in [3.63, 3.8) is 0 Å². The molecule has 0 bridgehead atoms. The number of aromatic nitrogens is 4. The summed E-state index contributed by atoms with van der Waals surface area (Å²) >= 11 is 0. The number of aromatic amines is 1. The minimum Gasteiger partial charge on any atom is -0.388 e. The second-order valence-electron chi connectivity index (χ2n) is 4.35. The molecule has 0 saturated heterocycles. The van der Waals surface area contributed by atoms with Crippen LogP contribution in [0, 0.1) is 0 Å². The molecule has 2 aromatic rings. The van der Waals surface area contributed by atoms with Crippen molar-refractivity contribution in [2.75, 3.05) is 17.6 Å². The van der Waals surface area contributed by atoms with E-state index in [0.29, 0.717) is 30.9 Å². The molecule has 0 amide bonds. The number of nitrogen functional groups attached to an aromatic ring is 1. The highest BCUT2D eigenvalue weighted by Gasteiger charge is 2.22. The van der Waals surface area contributed by atoms with Crippen LogP contribution in [-0.2, 0) is 0 Å². The monoisotopic (exact) mass is 250 g/mol. The van der Waals surface area contributed by atoms with Gasteiger partial charge >= 0.3 is 0 Å². The number of hydrogen-bond donors (Lipinski definition) is 4. The minimum absolute atomic E-state index is 0.172. The van der Waals surface area contributed by atoms with Crippen molar-refractivity contribution in [2.45, 2.75) is 32.3 Å². The Labute approximate surface area is 105 Å². The number of anilines is 2. The first-order chi connectivity index (χ1) is 8.58. The van der Waals surface area contributed by atoms with Gasteiger partial charge < -0.3 is 16.2 Å². The van der Waals surface area contributed by atoms with Crippen LogP contribution in [0.2, 0.25) is 0 Å². The van der Waals surface area contributed by atoms with Gasteiger partial charge in [-0.1, -0.05) is 13.8 Å². The molecule has 18 heavy (non-hydrogen) atoms. The highest BCUT2D eigenvalue weighted by Crippen LogP contribution is 2.21. The molecule has 7 heteroatoms. The lowest BCUT2D eigenvalue weighted by Crippen LogP contribution is -2.35. The molecule has 98 valence electrons. The summed E-state index contributed by atoms with van der Waals surface area (Å²) in [6.45, 7) is 4.32. The summed E-state index contributed by atoms with van der Waals surface area (Å²) in [4.78, 5) is 8.16. The maximum Gasteiger partial charge on any atom is 0.224 e. The van der Waals surface area contributed by atoms with Gasteiger partial charge in [-0.05, 0) is 12.8 Å². The number of nitrogens with two attached hydrogens (primary N) is 1. The molecule has 0 atom stereocenters. The highest BCUT2D eigenvalue weighted by atomic mass is 16.3. The van der Waals surface area contributed by atoms with Gasteiger partial charge in [-0.25, -0.2) is 0 Å². The van der Waals surface area contributed by atoms with Crippen molar-refractivity contribution in [2.24, 2.45) is 0 Å². The fourth-order valence-corrected chi connectivity index (χ4v) is 1.74. The van der Waals surface area contributed by atoms with Crippen LogP contribution in [0.15, 0.2) is 6.20 Å². The summed E-state index contributed by atoms with van der Waals surface area (Å²) in [6, 6.07) is 0. The molecule has 0 aliphatic carbocycles. The van der Waals surface area contributed by atoms with Gasteiger partial charge in [-0.15, -0.1) is 0 Å². The second kappa shape index (κ2) is 4.77. The molecule has 0 fully saturated rings.